The molecule has 0 amide bonds. The topological polar surface area (TPSA) is 9.23 Å². The molecule has 0 saturated carbocycles. The van der Waals surface area contributed by atoms with Gasteiger partial charge in [0.05, 0.1) is 0 Å². The smallest absolute Gasteiger partial charge is 0.429 e. The average molecular weight is 510 g/mol. The summed E-state index contributed by atoms with van der Waals surface area (Å²) < 4.78 is 119. The average Bonchev–Trinajstić information content (AvgIpc) is 2.80. The first-order chi connectivity index (χ1) is 17.0. The highest BCUT2D eigenvalue weighted by Gasteiger charge is 2.41. The van der Waals surface area contributed by atoms with Gasteiger partial charge in [-0.15, -0.1) is 0 Å². The Kier molecular flexibility index (Phi) is 6.93. The molecule has 0 radical (unpaired) electrons. The van der Waals surface area contributed by atoms with E-state index < -0.39 is 57.7 Å². The zero-order valence-electron chi connectivity index (χ0n) is 18.7. The third-order valence-electron chi connectivity index (χ3n) is 5.69. The molecule has 188 valence electrons. The van der Waals surface area contributed by atoms with Gasteiger partial charge in [0.15, 0.2) is 17.5 Å². The summed E-state index contributed by atoms with van der Waals surface area (Å²) in [6, 6.07) is 8.28. The highest BCUT2D eigenvalue weighted by Crippen LogP contribution is 2.38. The van der Waals surface area contributed by atoms with Gasteiger partial charge in [0, 0.05) is 10.9 Å². The zero-order chi connectivity index (χ0) is 26.2. The van der Waals surface area contributed by atoms with Crippen LogP contribution in [0.25, 0.3) is 21.9 Å². The van der Waals surface area contributed by atoms with E-state index in [0.717, 1.165) is 31.0 Å². The summed E-state index contributed by atoms with van der Waals surface area (Å²) >= 11 is 0. The minimum Gasteiger partial charge on any atom is -0.429 e. The minimum atomic E-state index is -4.56. The van der Waals surface area contributed by atoms with Gasteiger partial charge in [-0.1, -0.05) is 25.5 Å². The van der Waals surface area contributed by atoms with Crippen molar-refractivity contribution in [2.75, 3.05) is 0 Å². The number of aryl methyl sites for hydroxylation is 1. The quantitative estimate of drug-likeness (QED) is 0.178. The summed E-state index contributed by atoms with van der Waals surface area (Å²) in [4.78, 5) is 0. The largest absolute Gasteiger partial charge is 0.432 e. The van der Waals surface area contributed by atoms with Crippen molar-refractivity contribution in [3.8, 4) is 16.9 Å². The number of hydrogen-bond acceptors (Lipinski definition) is 1. The Bertz CT molecular complexity index is 1420. The standard InChI is InChI=1S/C27H18F8O/c1-2-3-4-14-5-7-18(20(28)9-14)16-11-21(29)24(22(30)12-16)27(34,35)36-17-6-8-19-15(10-17)13-23(31)26(33)25(19)32/h5-13H,2-4H2,1H3. The summed E-state index contributed by atoms with van der Waals surface area (Å²) in [5, 5.41) is -0.720. The highest BCUT2D eigenvalue weighted by molar-refractivity contribution is 5.84. The predicted molar refractivity (Wildman–Crippen MR) is 119 cm³/mol. The van der Waals surface area contributed by atoms with Crippen LogP contribution in [0.2, 0.25) is 0 Å². The van der Waals surface area contributed by atoms with Crippen LogP contribution in [0.1, 0.15) is 30.9 Å². The van der Waals surface area contributed by atoms with Gasteiger partial charge in [0.25, 0.3) is 0 Å². The van der Waals surface area contributed by atoms with Crippen molar-refractivity contribution in [1.29, 1.82) is 0 Å². The third-order valence-corrected chi connectivity index (χ3v) is 5.69. The first-order valence-electron chi connectivity index (χ1n) is 10.9. The van der Waals surface area contributed by atoms with E-state index >= 15 is 0 Å². The molecule has 1 nitrogen and oxygen atoms in total. The molecule has 4 aromatic rings. The molecule has 0 atom stereocenters. The van der Waals surface area contributed by atoms with E-state index in [1.807, 2.05) is 6.92 Å². The Balaban J connectivity index is 1.66. The van der Waals surface area contributed by atoms with E-state index in [9.17, 15) is 35.1 Å². The molecule has 0 saturated heterocycles. The summed E-state index contributed by atoms with van der Waals surface area (Å²) in [5.74, 6) is -9.64. The van der Waals surface area contributed by atoms with Crippen molar-refractivity contribution in [3.63, 3.8) is 0 Å². The van der Waals surface area contributed by atoms with E-state index in [4.69, 9.17) is 0 Å². The molecule has 0 spiro atoms. The third kappa shape index (κ3) is 4.87. The second-order valence-corrected chi connectivity index (χ2v) is 8.22. The van der Waals surface area contributed by atoms with E-state index in [1.54, 1.807) is 6.07 Å². The fourth-order valence-electron chi connectivity index (χ4n) is 3.88. The normalized spacial score (nSPS) is 11.8. The summed E-state index contributed by atoms with van der Waals surface area (Å²) in [6.45, 7) is 1.97. The number of halogens is 8. The van der Waals surface area contributed by atoms with Crippen LogP contribution in [-0.4, -0.2) is 0 Å². The molecule has 0 aliphatic heterocycles. The monoisotopic (exact) mass is 510 g/mol. The van der Waals surface area contributed by atoms with Crippen LogP contribution in [0.15, 0.2) is 54.6 Å². The van der Waals surface area contributed by atoms with Gasteiger partial charge in [-0.2, -0.15) is 8.78 Å². The SMILES string of the molecule is CCCCc1ccc(-c2cc(F)c(C(F)(F)Oc3ccc4c(F)c(F)c(F)cc4c3)c(F)c2)c(F)c1. The fraction of sp³-hybridized carbons (Fsp3) is 0.185. The van der Waals surface area contributed by atoms with Crippen LogP contribution in [0.5, 0.6) is 5.75 Å². The number of unbranched alkanes of at least 4 members (excludes halogenated alkanes) is 1. The van der Waals surface area contributed by atoms with Crippen LogP contribution in [0.4, 0.5) is 35.1 Å². The Hall–Kier alpha value is -3.62. The van der Waals surface area contributed by atoms with Crippen molar-refractivity contribution >= 4 is 10.8 Å². The number of ether oxygens (including phenoxy) is 1. The van der Waals surface area contributed by atoms with Gasteiger partial charge in [0.1, 0.15) is 28.8 Å². The maximum atomic E-state index is 14.8. The first kappa shape index (κ1) is 25.5. The van der Waals surface area contributed by atoms with Crippen LogP contribution < -0.4 is 4.74 Å². The van der Waals surface area contributed by atoms with Crippen molar-refractivity contribution in [1.82, 2.24) is 0 Å². The number of benzene rings is 4. The van der Waals surface area contributed by atoms with Gasteiger partial charge in [-0.25, -0.2) is 26.3 Å². The molecule has 0 fully saturated rings. The van der Waals surface area contributed by atoms with Crippen LogP contribution >= 0.6 is 0 Å². The maximum Gasteiger partial charge on any atom is 0.432 e. The Morgan fingerprint density at radius 3 is 2.06 bits per heavy atom. The van der Waals surface area contributed by atoms with Crippen molar-refractivity contribution < 1.29 is 39.9 Å². The Morgan fingerprint density at radius 1 is 0.722 bits per heavy atom. The number of fused-ring (bicyclic) bond motifs is 1. The predicted octanol–water partition coefficient (Wildman–Crippen LogP) is 8.81. The molecule has 0 aromatic heterocycles. The Labute approximate surface area is 200 Å². The van der Waals surface area contributed by atoms with Gasteiger partial charge in [-0.05, 0) is 71.8 Å². The van der Waals surface area contributed by atoms with E-state index in [1.165, 1.54) is 12.1 Å². The number of alkyl halides is 2. The lowest BCUT2D eigenvalue weighted by Crippen LogP contribution is -2.25. The highest BCUT2D eigenvalue weighted by atomic mass is 19.3. The second kappa shape index (κ2) is 9.79. The molecule has 0 bridgehead atoms. The molecule has 0 heterocycles. The molecule has 0 aliphatic carbocycles. The van der Waals surface area contributed by atoms with E-state index in [-0.39, 0.29) is 16.5 Å². The van der Waals surface area contributed by atoms with Gasteiger partial charge in [0.2, 0.25) is 0 Å². The molecule has 0 unspecified atom stereocenters. The fourth-order valence-corrected chi connectivity index (χ4v) is 3.88. The van der Waals surface area contributed by atoms with Gasteiger partial charge >= 0.3 is 6.11 Å². The number of rotatable bonds is 7. The van der Waals surface area contributed by atoms with E-state index in [0.29, 0.717) is 30.2 Å². The van der Waals surface area contributed by atoms with Crippen LogP contribution in [-0.2, 0) is 12.5 Å². The molecule has 9 heteroatoms. The molecule has 4 aromatic carbocycles. The van der Waals surface area contributed by atoms with Crippen molar-refractivity contribution in [2.24, 2.45) is 0 Å². The molecular weight excluding hydrogens is 492 g/mol. The van der Waals surface area contributed by atoms with Gasteiger partial charge in [-0.3, -0.25) is 0 Å². The summed E-state index contributed by atoms with van der Waals surface area (Å²) in [5.41, 5.74) is -1.51. The van der Waals surface area contributed by atoms with Crippen molar-refractivity contribution in [2.45, 2.75) is 32.3 Å². The van der Waals surface area contributed by atoms with Crippen molar-refractivity contribution in [3.05, 3.63) is 101 Å². The molecular formula is C27H18F8O. The zero-order valence-corrected chi connectivity index (χ0v) is 18.7. The van der Waals surface area contributed by atoms with Gasteiger partial charge < -0.3 is 4.74 Å². The van der Waals surface area contributed by atoms with E-state index in [2.05, 4.69) is 4.74 Å². The lowest BCUT2D eigenvalue weighted by molar-refractivity contribution is -0.189. The molecule has 0 aliphatic rings. The van der Waals surface area contributed by atoms with Crippen LogP contribution in [0, 0.1) is 34.9 Å². The molecule has 4 rings (SSSR count). The molecule has 36 heavy (non-hydrogen) atoms. The lowest BCUT2D eigenvalue weighted by Gasteiger charge is -2.20. The summed E-state index contributed by atoms with van der Waals surface area (Å²) in [6.07, 6.45) is -2.23. The van der Waals surface area contributed by atoms with Crippen LogP contribution in [0.3, 0.4) is 0 Å². The summed E-state index contributed by atoms with van der Waals surface area (Å²) in [7, 11) is 0. The molecule has 0 N–H and O–H groups in total. The Morgan fingerprint density at radius 2 is 1.42 bits per heavy atom. The second-order valence-electron chi connectivity index (χ2n) is 8.22. The number of hydrogen-bond donors (Lipinski definition) is 0. The maximum absolute atomic E-state index is 14.8. The lowest BCUT2D eigenvalue weighted by atomic mass is 9.99. The first-order valence-corrected chi connectivity index (χ1v) is 10.9. The minimum absolute atomic E-state index is 0.172.